The monoisotopic (exact) mass is 345 g/mol. The zero-order valence-electron chi connectivity index (χ0n) is 15.1. The lowest BCUT2D eigenvalue weighted by molar-refractivity contribution is 0.102. The molecule has 0 radical (unpaired) electrons. The highest BCUT2D eigenvalue weighted by atomic mass is 16.1. The van der Waals surface area contributed by atoms with Crippen molar-refractivity contribution in [3.63, 3.8) is 0 Å². The summed E-state index contributed by atoms with van der Waals surface area (Å²) in [5, 5.41) is 6.31. The Bertz CT molecular complexity index is 871. The molecule has 1 heterocycles. The van der Waals surface area contributed by atoms with Crippen molar-refractivity contribution >= 4 is 17.4 Å². The highest BCUT2D eigenvalue weighted by Crippen LogP contribution is 2.21. The van der Waals surface area contributed by atoms with Crippen molar-refractivity contribution < 1.29 is 4.79 Å². The minimum Gasteiger partial charge on any atom is -0.369 e. The molecule has 3 rings (SSSR count). The lowest BCUT2D eigenvalue weighted by Gasteiger charge is -2.14. The van der Waals surface area contributed by atoms with Crippen LogP contribution in [-0.4, -0.2) is 17.4 Å². The number of anilines is 2. The third-order valence-electron chi connectivity index (χ3n) is 4.32. The van der Waals surface area contributed by atoms with Crippen molar-refractivity contribution in [2.45, 2.75) is 20.3 Å². The van der Waals surface area contributed by atoms with E-state index in [0.717, 1.165) is 23.2 Å². The number of hydrogen-bond acceptors (Lipinski definition) is 3. The van der Waals surface area contributed by atoms with E-state index in [-0.39, 0.29) is 5.91 Å². The molecule has 4 heteroatoms. The van der Waals surface area contributed by atoms with Crippen LogP contribution >= 0.6 is 0 Å². The van der Waals surface area contributed by atoms with Gasteiger partial charge in [-0.3, -0.25) is 4.79 Å². The fraction of sp³-hybridized carbons (Fsp3) is 0.182. The van der Waals surface area contributed by atoms with E-state index < -0.39 is 0 Å². The van der Waals surface area contributed by atoms with Crippen LogP contribution in [-0.2, 0) is 6.42 Å². The van der Waals surface area contributed by atoms with E-state index >= 15 is 0 Å². The van der Waals surface area contributed by atoms with Gasteiger partial charge in [-0.2, -0.15) is 0 Å². The second-order valence-corrected chi connectivity index (χ2v) is 6.28. The third kappa shape index (κ3) is 4.28. The number of pyridine rings is 1. The van der Waals surface area contributed by atoms with Gasteiger partial charge in [0.05, 0.1) is 5.56 Å². The molecule has 4 nitrogen and oxygen atoms in total. The number of aromatic nitrogens is 1. The van der Waals surface area contributed by atoms with Crippen molar-refractivity contribution in [2.24, 2.45) is 0 Å². The summed E-state index contributed by atoms with van der Waals surface area (Å²) in [5.74, 6) is 0.449. The van der Waals surface area contributed by atoms with E-state index in [1.165, 1.54) is 5.56 Å². The number of nitrogens with zero attached hydrogens (tertiary/aromatic N) is 1. The SMILES string of the molecule is Cc1cccc(C)c1NC(=O)c1cccnc1NCCc1ccccc1. The fourth-order valence-corrected chi connectivity index (χ4v) is 2.89. The molecule has 0 saturated carbocycles. The molecule has 0 aliphatic carbocycles. The lowest BCUT2D eigenvalue weighted by Crippen LogP contribution is -2.17. The number of amides is 1. The Labute approximate surface area is 154 Å². The van der Waals surface area contributed by atoms with Crippen LogP contribution in [0, 0.1) is 13.8 Å². The van der Waals surface area contributed by atoms with Gasteiger partial charge in [-0.15, -0.1) is 0 Å². The van der Waals surface area contributed by atoms with Crippen LogP contribution in [0.25, 0.3) is 0 Å². The molecule has 2 aromatic carbocycles. The fourth-order valence-electron chi connectivity index (χ4n) is 2.89. The van der Waals surface area contributed by atoms with Gasteiger partial charge >= 0.3 is 0 Å². The van der Waals surface area contributed by atoms with Crippen LogP contribution in [0.3, 0.4) is 0 Å². The number of benzene rings is 2. The summed E-state index contributed by atoms with van der Waals surface area (Å²) in [5.41, 5.74) is 4.74. The van der Waals surface area contributed by atoms with E-state index in [2.05, 4.69) is 27.8 Å². The maximum atomic E-state index is 12.8. The summed E-state index contributed by atoms with van der Waals surface area (Å²) in [6, 6.07) is 19.8. The quantitative estimate of drug-likeness (QED) is 0.686. The van der Waals surface area contributed by atoms with Gasteiger partial charge < -0.3 is 10.6 Å². The Balaban J connectivity index is 1.71. The van der Waals surface area contributed by atoms with Crippen molar-refractivity contribution in [2.75, 3.05) is 17.2 Å². The maximum Gasteiger partial charge on any atom is 0.259 e. The topological polar surface area (TPSA) is 54.0 Å². The van der Waals surface area contributed by atoms with Crippen LogP contribution < -0.4 is 10.6 Å². The van der Waals surface area contributed by atoms with Gasteiger partial charge in [-0.05, 0) is 49.1 Å². The van der Waals surface area contributed by atoms with Gasteiger partial charge in [-0.25, -0.2) is 4.98 Å². The molecule has 0 unspecified atom stereocenters. The molecule has 0 aliphatic rings. The number of carbonyl (C=O) groups excluding carboxylic acids is 1. The number of nitrogens with one attached hydrogen (secondary N) is 2. The van der Waals surface area contributed by atoms with E-state index in [1.807, 2.05) is 50.2 Å². The van der Waals surface area contributed by atoms with Crippen LogP contribution in [0.2, 0.25) is 0 Å². The van der Waals surface area contributed by atoms with E-state index in [9.17, 15) is 4.79 Å². The maximum absolute atomic E-state index is 12.8. The van der Waals surface area contributed by atoms with Gasteiger partial charge in [0, 0.05) is 18.4 Å². The summed E-state index contributed by atoms with van der Waals surface area (Å²) < 4.78 is 0. The Kier molecular flexibility index (Phi) is 5.64. The molecule has 0 saturated heterocycles. The van der Waals surface area contributed by atoms with Crippen LogP contribution in [0.15, 0.2) is 66.9 Å². The lowest BCUT2D eigenvalue weighted by atomic mass is 10.1. The second-order valence-electron chi connectivity index (χ2n) is 6.28. The molecule has 0 aliphatic heterocycles. The van der Waals surface area contributed by atoms with E-state index in [1.54, 1.807) is 18.3 Å². The van der Waals surface area contributed by atoms with Gasteiger partial charge in [0.2, 0.25) is 0 Å². The highest BCUT2D eigenvalue weighted by Gasteiger charge is 2.14. The zero-order chi connectivity index (χ0) is 18.4. The molecule has 0 spiro atoms. The molecule has 1 amide bonds. The van der Waals surface area contributed by atoms with Gasteiger partial charge in [-0.1, -0.05) is 48.5 Å². The molecule has 1 aromatic heterocycles. The second kappa shape index (κ2) is 8.30. The number of aryl methyl sites for hydroxylation is 2. The molecule has 132 valence electrons. The Morgan fingerprint density at radius 1 is 0.923 bits per heavy atom. The summed E-state index contributed by atoms with van der Waals surface area (Å²) >= 11 is 0. The van der Waals surface area contributed by atoms with Crippen molar-refractivity contribution in [1.82, 2.24) is 4.98 Å². The van der Waals surface area contributed by atoms with Crippen LogP contribution in [0.5, 0.6) is 0 Å². The largest absolute Gasteiger partial charge is 0.369 e. The van der Waals surface area contributed by atoms with Gasteiger partial charge in [0.15, 0.2) is 0 Å². The first-order chi connectivity index (χ1) is 12.6. The van der Waals surface area contributed by atoms with Crippen molar-refractivity contribution in [1.29, 1.82) is 0 Å². The minimum atomic E-state index is -0.155. The molecule has 3 aromatic rings. The summed E-state index contributed by atoms with van der Waals surface area (Å²) in [6.07, 6.45) is 2.57. The van der Waals surface area contributed by atoms with Crippen molar-refractivity contribution in [3.8, 4) is 0 Å². The summed E-state index contributed by atoms with van der Waals surface area (Å²) in [7, 11) is 0. The number of carbonyl (C=O) groups is 1. The molecule has 26 heavy (non-hydrogen) atoms. The van der Waals surface area contributed by atoms with Gasteiger partial charge in [0.25, 0.3) is 5.91 Å². The first-order valence-electron chi connectivity index (χ1n) is 8.75. The summed E-state index contributed by atoms with van der Waals surface area (Å²) in [4.78, 5) is 17.1. The third-order valence-corrected chi connectivity index (χ3v) is 4.32. The average molecular weight is 345 g/mol. The molecule has 2 N–H and O–H groups in total. The average Bonchev–Trinajstić information content (AvgIpc) is 2.66. The molecular weight excluding hydrogens is 322 g/mol. The standard InChI is InChI=1S/C22H23N3O/c1-16-8-6-9-17(2)20(16)25-22(26)19-12-7-14-23-21(19)24-15-13-18-10-4-3-5-11-18/h3-12,14H,13,15H2,1-2H3,(H,23,24)(H,25,26). The highest BCUT2D eigenvalue weighted by molar-refractivity contribution is 6.08. The zero-order valence-corrected chi connectivity index (χ0v) is 15.1. The Morgan fingerprint density at radius 3 is 2.38 bits per heavy atom. The summed E-state index contributed by atoms with van der Waals surface area (Å²) in [6.45, 7) is 4.69. The first-order valence-corrected chi connectivity index (χ1v) is 8.75. The van der Waals surface area contributed by atoms with E-state index in [0.29, 0.717) is 17.9 Å². The van der Waals surface area contributed by atoms with Crippen molar-refractivity contribution in [3.05, 3.63) is 89.1 Å². The number of para-hydroxylation sites is 1. The Hall–Kier alpha value is -3.14. The number of hydrogen-bond donors (Lipinski definition) is 2. The minimum absolute atomic E-state index is 0.155. The smallest absolute Gasteiger partial charge is 0.259 e. The van der Waals surface area contributed by atoms with Gasteiger partial charge in [0.1, 0.15) is 5.82 Å². The van der Waals surface area contributed by atoms with E-state index in [4.69, 9.17) is 0 Å². The van der Waals surface area contributed by atoms with Crippen LogP contribution in [0.1, 0.15) is 27.0 Å². The predicted molar refractivity (Wildman–Crippen MR) is 107 cm³/mol. The molecule has 0 fully saturated rings. The predicted octanol–water partition coefficient (Wildman–Crippen LogP) is 4.61. The van der Waals surface area contributed by atoms with Crippen LogP contribution in [0.4, 0.5) is 11.5 Å². The first kappa shape index (κ1) is 17.7. The normalized spacial score (nSPS) is 10.4. The molecule has 0 atom stereocenters. The molecule has 0 bridgehead atoms. The number of rotatable bonds is 6. The molecular formula is C22H23N3O. The Morgan fingerprint density at radius 2 is 1.65 bits per heavy atom.